The fourth-order valence-corrected chi connectivity index (χ4v) is 1.77. The zero-order chi connectivity index (χ0) is 11.0. The molecule has 82 valence electrons. The minimum atomic E-state index is -0.377. The van der Waals surface area contributed by atoms with Crippen LogP contribution in [0.5, 0.6) is 0 Å². The summed E-state index contributed by atoms with van der Waals surface area (Å²) in [5, 5.41) is 0. The third-order valence-electron chi connectivity index (χ3n) is 2.52. The Morgan fingerprint density at radius 2 is 2.12 bits per heavy atom. The van der Waals surface area contributed by atoms with Crippen molar-refractivity contribution in [2.75, 3.05) is 13.3 Å². The summed E-state index contributed by atoms with van der Waals surface area (Å²) in [7, 11) is 0. The molecular formula is C11H10N2O3. The van der Waals surface area contributed by atoms with Gasteiger partial charge < -0.3 is 19.3 Å². The molecule has 0 aliphatic carbocycles. The highest BCUT2D eigenvalue weighted by Gasteiger charge is 2.34. The van der Waals surface area contributed by atoms with Gasteiger partial charge in [-0.25, -0.2) is 4.79 Å². The van der Waals surface area contributed by atoms with E-state index in [0.29, 0.717) is 24.9 Å². The summed E-state index contributed by atoms with van der Waals surface area (Å²) in [4.78, 5) is 15.2. The molecule has 0 unspecified atom stereocenters. The number of hydrogen-bond acceptors (Lipinski definition) is 5. The maximum absolute atomic E-state index is 11.6. The molecule has 0 aromatic heterocycles. The van der Waals surface area contributed by atoms with Crippen LogP contribution in [0.3, 0.4) is 0 Å². The molecule has 5 nitrogen and oxygen atoms in total. The monoisotopic (exact) mass is 218 g/mol. The average molecular weight is 218 g/mol. The van der Waals surface area contributed by atoms with Crippen LogP contribution in [0.25, 0.3) is 0 Å². The molecule has 3 aliphatic heterocycles. The van der Waals surface area contributed by atoms with Crippen molar-refractivity contribution in [2.24, 2.45) is 0 Å². The van der Waals surface area contributed by atoms with E-state index in [2.05, 4.69) is 0 Å². The average Bonchev–Trinajstić information content (AvgIpc) is 2.75. The van der Waals surface area contributed by atoms with E-state index < -0.39 is 0 Å². The Labute approximate surface area is 92.5 Å². The molecule has 0 aromatic carbocycles. The third-order valence-corrected chi connectivity index (χ3v) is 2.52. The lowest BCUT2D eigenvalue weighted by atomic mass is 10.3. The molecule has 0 bridgehead atoms. The van der Waals surface area contributed by atoms with E-state index in [1.54, 1.807) is 11.1 Å². The van der Waals surface area contributed by atoms with Gasteiger partial charge in [0.1, 0.15) is 6.26 Å². The molecule has 0 spiro atoms. The SMILES string of the molecule is O=C1OC=CN2COC(N3C=CC=CC3)=C12. The Balaban J connectivity index is 1.97. The lowest BCUT2D eigenvalue weighted by Gasteiger charge is -2.21. The molecule has 0 saturated carbocycles. The number of esters is 1. The second-order valence-corrected chi connectivity index (χ2v) is 3.51. The van der Waals surface area contributed by atoms with E-state index in [1.807, 2.05) is 29.3 Å². The van der Waals surface area contributed by atoms with Gasteiger partial charge in [-0.1, -0.05) is 12.2 Å². The van der Waals surface area contributed by atoms with Crippen molar-refractivity contribution >= 4 is 5.97 Å². The van der Waals surface area contributed by atoms with Crippen LogP contribution in [0.4, 0.5) is 0 Å². The molecule has 0 saturated heterocycles. The summed E-state index contributed by atoms with van der Waals surface area (Å²) in [6, 6.07) is 0. The van der Waals surface area contributed by atoms with Crippen LogP contribution in [0.2, 0.25) is 0 Å². The minimum Gasteiger partial charge on any atom is -0.455 e. The Bertz CT molecular complexity index is 448. The summed E-state index contributed by atoms with van der Waals surface area (Å²) in [6.07, 6.45) is 10.8. The van der Waals surface area contributed by atoms with Gasteiger partial charge >= 0.3 is 5.97 Å². The van der Waals surface area contributed by atoms with E-state index in [9.17, 15) is 4.79 Å². The first kappa shape index (κ1) is 9.08. The predicted octanol–water partition coefficient (Wildman–Crippen LogP) is 0.859. The van der Waals surface area contributed by atoms with Gasteiger partial charge in [-0.05, 0) is 6.08 Å². The van der Waals surface area contributed by atoms with Crippen LogP contribution in [-0.2, 0) is 14.3 Å². The number of rotatable bonds is 1. The van der Waals surface area contributed by atoms with Crippen LogP contribution in [0.15, 0.2) is 48.5 Å². The van der Waals surface area contributed by atoms with Crippen molar-refractivity contribution in [3.63, 3.8) is 0 Å². The van der Waals surface area contributed by atoms with Gasteiger partial charge in [-0.15, -0.1) is 0 Å². The second kappa shape index (κ2) is 3.44. The Hall–Kier alpha value is -2.17. The smallest absolute Gasteiger partial charge is 0.365 e. The van der Waals surface area contributed by atoms with Crippen LogP contribution in [-0.4, -0.2) is 29.0 Å². The molecule has 5 heteroatoms. The first-order valence-corrected chi connectivity index (χ1v) is 4.97. The standard InChI is InChI=1S/C11H10N2O3/c14-11-9-10(12-4-2-1-3-5-12)16-8-13(9)6-7-15-11/h1-4,6-7H,5,8H2. The van der Waals surface area contributed by atoms with Crippen molar-refractivity contribution < 1.29 is 14.3 Å². The Morgan fingerprint density at radius 3 is 2.94 bits per heavy atom. The van der Waals surface area contributed by atoms with Gasteiger partial charge in [0.05, 0.1) is 0 Å². The van der Waals surface area contributed by atoms with Crippen LogP contribution < -0.4 is 0 Å². The fourth-order valence-electron chi connectivity index (χ4n) is 1.77. The number of hydrogen-bond donors (Lipinski definition) is 0. The Kier molecular flexibility index (Phi) is 1.96. The maximum Gasteiger partial charge on any atom is 0.365 e. The second-order valence-electron chi connectivity index (χ2n) is 3.51. The van der Waals surface area contributed by atoms with Gasteiger partial charge in [-0.3, -0.25) is 0 Å². The number of fused-ring (bicyclic) bond motifs is 1. The lowest BCUT2D eigenvalue weighted by molar-refractivity contribution is -0.136. The van der Waals surface area contributed by atoms with Crippen LogP contribution in [0.1, 0.15) is 0 Å². The largest absolute Gasteiger partial charge is 0.455 e. The number of allylic oxidation sites excluding steroid dienone is 2. The number of carbonyl (C=O) groups is 1. The fraction of sp³-hybridized carbons (Fsp3) is 0.182. The molecule has 0 fully saturated rings. The first-order valence-electron chi connectivity index (χ1n) is 4.97. The highest BCUT2D eigenvalue weighted by molar-refractivity contribution is 5.90. The predicted molar refractivity (Wildman–Crippen MR) is 55.0 cm³/mol. The quantitative estimate of drug-likeness (QED) is 0.610. The molecular weight excluding hydrogens is 208 g/mol. The molecule has 0 aromatic rings. The Morgan fingerprint density at radius 1 is 1.19 bits per heavy atom. The van der Waals surface area contributed by atoms with E-state index in [-0.39, 0.29) is 5.97 Å². The number of carbonyl (C=O) groups excluding carboxylic acids is 1. The lowest BCUT2D eigenvalue weighted by Crippen LogP contribution is -2.26. The molecule has 16 heavy (non-hydrogen) atoms. The zero-order valence-corrected chi connectivity index (χ0v) is 8.50. The molecule has 0 radical (unpaired) electrons. The normalized spacial score (nSPS) is 22.4. The van der Waals surface area contributed by atoms with Gasteiger partial charge in [0.25, 0.3) is 0 Å². The van der Waals surface area contributed by atoms with Gasteiger partial charge in [0.15, 0.2) is 12.4 Å². The zero-order valence-electron chi connectivity index (χ0n) is 8.50. The van der Waals surface area contributed by atoms with Gasteiger partial charge in [-0.2, -0.15) is 0 Å². The molecule has 0 N–H and O–H groups in total. The molecule has 3 heterocycles. The van der Waals surface area contributed by atoms with Gasteiger partial charge in [0.2, 0.25) is 5.88 Å². The first-order chi connectivity index (χ1) is 7.86. The van der Waals surface area contributed by atoms with Crippen molar-refractivity contribution in [1.29, 1.82) is 0 Å². The van der Waals surface area contributed by atoms with Gasteiger partial charge in [0, 0.05) is 18.9 Å². The van der Waals surface area contributed by atoms with Crippen molar-refractivity contribution in [1.82, 2.24) is 9.80 Å². The summed E-state index contributed by atoms with van der Waals surface area (Å²) in [5.74, 6) is 0.174. The highest BCUT2D eigenvalue weighted by Crippen LogP contribution is 2.28. The maximum atomic E-state index is 11.6. The van der Waals surface area contributed by atoms with Crippen LogP contribution in [0, 0.1) is 0 Å². The molecule has 3 aliphatic rings. The van der Waals surface area contributed by atoms with Crippen molar-refractivity contribution in [2.45, 2.75) is 0 Å². The molecule has 0 atom stereocenters. The highest BCUT2D eigenvalue weighted by atomic mass is 16.5. The van der Waals surface area contributed by atoms with E-state index in [4.69, 9.17) is 9.47 Å². The number of nitrogens with zero attached hydrogens (tertiary/aromatic N) is 2. The molecule has 0 amide bonds. The summed E-state index contributed by atoms with van der Waals surface area (Å²) < 4.78 is 10.3. The van der Waals surface area contributed by atoms with Crippen molar-refractivity contribution in [3.05, 3.63) is 48.5 Å². The summed E-state index contributed by atoms with van der Waals surface area (Å²) in [6.45, 7) is 1.05. The van der Waals surface area contributed by atoms with Crippen LogP contribution >= 0.6 is 0 Å². The number of cyclic esters (lactones) is 1. The number of ether oxygens (including phenoxy) is 2. The summed E-state index contributed by atoms with van der Waals surface area (Å²) >= 11 is 0. The summed E-state index contributed by atoms with van der Waals surface area (Å²) in [5.41, 5.74) is 0.461. The van der Waals surface area contributed by atoms with E-state index in [1.165, 1.54) is 6.26 Å². The van der Waals surface area contributed by atoms with E-state index >= 15 is 0 Å². The topological polar surface area (TPSA) is 42.0 Å². The minimum absolute atomic E-state index is 0.352. The van der Waals surface area contributed by atoms with Crippen molar-refractivity contribution in [3.8, 4) is 0 Å². The third kappa shape index (κ3) is 1.29. The molecule has 3 rings (SSSR count). The van der Waals surface area contributed by atoms with E-state index in [0.717, 1.165) is 0 Å².